The predicted octanol–water partition coefficient (Wildman–Crippen LogP) is 11.4. The van der Waals surface area contributed by atoms with Gasteiger partial charge in [-0.25, -0.2) is 9.13 Å². The van der Waals surface area contributed by atoms with E-state index in [2.05, 4.69) is 92.7 Å². The molecule has 0 aliphatic rings. The number of hydrogen-bond acceptors (Lipinski definition) is 13. The number of hydrogen-bond donors (Lipinski definition) is 5. The van der Waals surface area contributed by atoms with Crippen molar-refractivity contribution in [3.8, 4) is 0 Å². The molecular formula is C49H88O15P2. The minimum absolute atomic E-state index is 0.169. The Kier molecular flexibility index (Phi) is 43.7. The number of unbranched alkanes of at least 4 members (excludes halogenated alkanes) is 17. The molecule has 0 aromatic carbocycles. The van der Waals surface area contributed by atoms with E-state index in [0.29, 0.717) is 12.8 Å². The van der Waals surface area contributed by atoms with Gasteiger partial charge in [-0.15, -0.1) is 0 Å². The van der Waals surface area contributed by atoms with Crippen molar-refractivity contribution < 1.29 is 71.4 Å². The van der Waals surface area contributed by atoms with Gasteiger partial charge < -0.3 is 34.6 Å². The molecule has 0 aromatic rings. The Morgan fingerprint density at radius 3 is 0.970 bits per heavy atom. The van der Waals surface area contributed by atoms with Crippen molar-refractivity contribution in [2.45, 2.75) is 199 Å². The van der Waals surface area contributed by atoms with Crippen LogP contribution in [0, 0.1) is 0 Å². The Morgan fingerprint density at radius 2 is 0.652 bits per heavy atom. The molecule has 0 spiro atoms. The average Bonchev–Trinajstić information content (AvgIpc) is 3.29. The van der Waals surface area contributed by atoms with Crippen LogP contribution in [0.15, 0.2) is 60.8 Å². The van der Waals surface area contributed by atoms with E-state index >= 15 is 0 Å². The summed E-state index contributed by atoms with van der Waals surface area (Å²) in [6.07, 6.45) is 43.4. The minimum Gasteiger partial charge on any atom is -0.463 e. The summed E-state index contributed by atoms with van der Waals surface area (Å²) in [6, 6.07) is 0. The van der Waals surface area contributed by atoms with Crippen LogP contribution in [0.2, 0.25) is 0 Å². The highest BCUT2D eigenvalue weighted by Crippen LogP contribution is 2.45. The summed E-state index contributed by atoms with van der Waals surface area (Å²) in [5, 5.41) is 30.0. The average molecular weight is 979 g/mol. The van der Waals surface area contributed by atoms with Crippen molar-refractivity contribution in [3.63, 3.8) is 0 Å². The van der Waals surface area contributed by atoms with Gasteiger partial charge in [0, 0.05) is 12.8 Å². The molecule has 5 atom stereocenters. The van der Waals surface area contributed by atoms with Crippen LogP contribution in [0.4, 0.5) is 0 Å². The summed E-state index contributed by atoms with van der Waals surface area (Å²) in [6.45, 7) is 0.328. The van der Waals surface area contributed by atoms with E-state index in [-0.39, 0.29) is 12.8 Å². The molecule has 0 aliphatic heterocycles. The number of carbonyl (C=O) groups is 2. The topological polar surface area (TPSA) is 225 Å². The Balaban J connectivity index is 3.92. The minimum atomic E-state index is -4.79. The van der Waals surface area contributed by atoms with Crippen LogP contribution >= 0.6 is 15.6 Å². The third-order valence-electron chi connectivity index (χ3n) is 9.95. The molecule has 0 aliphatic carbocycles. The Hall–Kier alpha value is -2.26. The van der Waals surface area contributed by atoms with Gasteiger partial charge in [0.1, 0.15) is 31.5 Å². The monoisotopic (exact) mass is 979 g/mol. The number of aliphatic hydroxyl groups is 3. The fraction of sp³-hybridized carbons (Fsp3) is 0.755. The Morgan fingerprint density at radius 1 is 0.394 bits per heavy atom. The molecule has 17 heteroatoms. The van der Waals surface area contributed by atoms with E-state index < -0.39 is 85.5 Å². The molecule has 0 fully saturated rings. The van der Waals surface area contributed by atoms with Crippen molar-refractivity contribution in [3.05, 3.63) is 60.8 Å². The van der Waals surface area contributed by atoms with Crippen molar-refractivity contribution >= 4 is 27.6 Å². The zero-order chi connectivity index (χ0) is 48.8. The van der Waals surface area contributed by atoms with E-state index in [4.69, 9.17) is 9.47 Å². The summed E-state index contributed by atoms with van der Waals surface area (Å²) in [7, 11) is -9.58. The molecule has 0 rings (SSSR count). The van der Waals surface area contributed by atoms with Gasteiger partial charge in [0.25, 0.3) is 0 Å². The number of carbonyl (C=O) groups excluding carboxylic acids is 2. The zero-order valence-corrected chi connectivity index (χ0v) is 42.1. The van der Waals surface area contributed by atoms with Gasteiger partial charge in [0.2, 0.25) is 0 Å². The first kappa shape index (κ1) is 63.7. The highest BCUT2D eigenvalue weighted by molar-refractivity contribution is 7.47. The first-order chi connectivity index (χ1) is 31.8. The fourth-order valence-electron chi connectivity index (χ4n) is 6.07. The van der Waals surface area contributed by atoms with E-state index in [9.17, 15) is 43.8 Å². The zero-order valence-electron chi connectivity index (χ0n) is 40.3. The lowest BCUT2D eigenvalue weighted by Gasteiger charge is -2.19. The van der Waals surface area contributed by atoms with Gasteiger partial charge >= 0.3 is 27.6 Å². The SMILES string of the molecule is CCCCC/C=C\C/C=C\C/C=C\CCCCCCC(=O)OCC(O)COP(=O)(O)OCC(O)COP(=O)(O)OCC(O)COC(=O)CCCCCCCCC/C=C\C/C=C\CCCCC. The second-order valence-corrected chi connectivity index (χ2v) is 19.4. The molecule has 5 unspecified atom stereocenters. The lowest BCUT2D eigenvalue weighted by molar-refractivity contribution is -0.148. The molecular weight excluding hydrogens is 890 g/mol. The molecule has 0 saturated heterocycles. The second-order valence-electron chi connectivity index (χ2n) is 16.5. The van der Waals surface area contributed by atoms with Crippen LogP contribution in [0.25, 0.3) is 0 Å². The van der Waals surface area contributed by atoms with Crippen molar-refractivity contribution in [2.75, 3.05) is 39.6 Å². The third kappa shape index (κ3) is 46.8. The first-order valence-corrected chi connectivity index (χ1v) is 27.6. The van der Waals surface area contributed by atoms with Crippen LogP contribution in [0.1, 0.15) is 181 Å². The quantitative estimate of drug-likeness (QED) is 0.0165. The molecule has 0 aromatic heterocycles. The molecule has 5 N–H and O–H groups in total. The number of allylic oxidation sites excluding steroid dienone is 10. The van der Waals surface area contributed by atoms with Crippen LogP contribution in [0.5, 0.6) is 0 Å². The molecule has 0 saturated carbocycles. The number of phosphoric ester groups is 2. The third-order valence-corrected chi connectivity index (χ3v) is 11.8. The van der Waals surface area contributed by atoms with Crippen LogP contribution in [-0.4, -0.2) is 95.0 Å². The molecule has 0 heterocycles. The van der Waals surface area contributed by atoms with Gasteiger partial charge in [-0.2, -0.15) is 0 Å². The van der Waals surface area contributed by atoms with Crippen molar-refractivity contribution in [2.24, 2.45) is 0 Å². The lowest BCUT2D eigenvalue weighted by Crippen LogP contribution is -2.25. The van der Waals surface area contributed by atoms with Crippen molar-refractivity contribution in [1.82, 2.24) is 0 Å². The van der Waals surface area contributed by atoms with Gasteiger partial charge in [-0.3, -0.25) is 27.7 Å². The maximum atomic E-state index is 12.2. The van der Waals surface area contributed by atoms with Crippen LogP contribution in [0.3, 0.4) is 0 Å². The fourth-order valence-corrected chi connectivity index (χ4v) is 7.66. The number of rotatable bonds is 47. The van der Waals surface area contributed by atoms with Gasteiger partial charge in [0.05, 0.1) is 26.4 Å². The maximum Gasteiger partial charge on any atom is 0.472 e. The molecule has 384 valence electrons. The van der Waals surface area contributed by atoms with E-state index in [1.165, 1.54) is 57.8 Å². The highest BCUT2D eigenvalue weighted by Gasteiger charge is 2.28. The second kappa shape index (κ2) is 45.2. The number of ether oxygens (including phenoxy) is 2. The number of phosphoric acid groups is 2. The largest absolute Gasteiger partial charge is 0.472 e. The standard InChI is InChI=1S/C49H88O15P2/c1-3-5-7-9-11-13-15-17-19-21-23-25-27-29-31-33-35-37-48(53)59-39-45(50)41-61-65(55,56)63-43-47(52)44-64-66(57,58)62-42-46(51)40-60-49(54)38-36-34-32-30-28-26-24-22-20-18-16-14-12-10-8-6-4-2/h11-14,17-20,23,25,45-47,50-52H,3-10,15-16,21-22,24,26-44H2,1-2H3,(H,55,56)(H,57,58)/b13-11-,14-12-,19-17-,20-18-,25-23-. The summed E-state index contributed by atoms with van der Waals surface area (Å²) >= 11 is 0. The smallest absolute Gasteiger partial charge is 0.463 e. The summed E-state index contributed by atoms with van der Waals surface area (Å²) < 4.78 is 53.0. The molecule has 66 heavy (non-hydrogen) atoms. The molecule has 0 amide bonds. The number of esters is 2. The summed E-state index contributed by atoms with van der Waals surface area (Å²) in [4.78, 5) is 43.8. The van der Waals surface area contributed by atoms with Crippen LogP contribution < -0.4 is 0 Å². The molecule has 15 nitrogen and oxygen atoms in total. The normalized spacial score (nSPS) is 15.6. The maximum absolute atomic E-state index is 12.2. The van der Waals surface area contributed by atoms with Gasteiger partial charge in [0.15, 0.2) is 0 Å². The first-order valence-electron chi connectivity index (χ1n) is 24.6. The highest BCUT2D eigenvalue weighted by atomic mass is 31.2. The number of aliphatic hydroxyl groups excluding tert-OH is 3. The molecule has 0 radical (unpaired) electrons. The Bertz CT molecular complexity index is 1420. The molecule has 0 bridgehead atoms. The van der Waals surface area contributed by atoms with E-state index in [0.717, 1.165) is 83.5 Å². The predicted molar refractivity (Wildman–Crippen MR) is 260 cm³/mol. The summed E-state index contributed by atoms with van der Waals surface area (Å²) in [5.41, 5.74) is 0. The van der Waals surface area contributed by atoms with Gasteiger partial charge in [-0.1, -0.05) is 145 Å². The van der Waals surface area contributed by atoms with Crippen molar-refractivity contribution in [1.29, 1.82) is 0 Å². The van der Waals surface area contributed by atoms with Gasteiger partial charge in [-0.05, 0) is 83.5 Å². The van der Waals surface area contributed by atoms with E-state index in [1.807, 2.05) is 0 Å². The van der Waals surface area contributed by atoms with E-state index in [1.54, 1.807) is 0 Å². The van der Waals surface area contributed by atoms with Crippen LogP contribution in [-0.2, 0) is 46.3 Å². The lowest BCUT2D eigenvalue weighted by atomic mass is 10.1. The Labute approximate surface area is 397 Å². The summed E-state index contributed by atoms with van der Waals surface area (Å²) in [5.74, 6) is -1.02.